The van der Waals surface area contributed by atoms with Crippen molar-refractivity contribution in [2.24, 2.45) is 5.41 Å². The zero-order valence-corrected chi connectivity index (χ0v) is 20.8. The molecule has 0 saturated carbocycles. The number of carbonyl (C=O) groups is 3. The van der Waals surface area contributed by atoms with Gasteiger partial charge in [-0.05, 0) is 66.8 Å². The second-order valence-electron chi connectivity index (χ2n) is 10.0. The molecule has 3 saturated heterocycles. The summed E-state index contributed by atoms with van der Waals surface area (Å²) < 4.78 is 46.7. The molecular formula is C26H27F3N4O6. The fourth-order valence-corrected chi connectivity index (χ4v) is 5.78. The van der Waals surface area contributed by atoms with Gasteiger partial charge < -0.3 is 19.5 Å². The SMILES string of the molecule is O=C1NC(=O)C(c2ccc(Oc3ccc(OC(F)(F)F)cc3)cc2)(N2CCC3(CCN(CCO)C3)C2)C(=O)N1. The van der Waals surface area contributed by atoms with E-state index in [1.165, 1.54) is 12.1 Å². The first-order valence-corrected chi connectivity index (χ1v) is 12.4. The van der Waals surface area contributed by atoms with Crippen molar-refractivity contribution in [3.05, 3.63) is 54.1 Å². The molecule has 3 N–H and O–H groups in total. The van der Waals surface area contributed by atoms with Crippen LogP contribution in [0, 0.1) is 5.41 Å². The van der Waals surface area contributed by atoms with Crippen LogP contribution in [0.3, 0.4) is 0 Å². The number of halogens is 3. The Bertz CT molecular complexity index is 1230. The molecule has 3 aliphatic heterocycles. The van der Waals surface area contributed by atoms with Crippen LogP contribution >= 0.6 is 0 Å². The first-order chi connectivity index (χ1) is 18.5. The zero-order valence-electron chi connectivity index (χ0n) is 20.8. The van der Waals surface area contributed by atoms with Crippen molar-refractivity contribution in [1.82, 2.24) is 20.4 Å². The summed E-state index contributed by atoms with van der Waals surface area (Å²) in [6.45, 7) is 3.06. The van der Waals surface area contributed by atoms with E-state index < -0.39 is 29.7 Å². The number of imide groups is 2. The Labute approximate surface area is 221 Å². The highest BCUT2D eigenvalue weighted by Gasteiger charge is 2.60. The third-order valence-corrected chi connectivity index (χ3v) is 7.52. The summed E-state index contributed by atoms with van der Waals surface area (Å²) in [5.41, 5.74) is -1.58. The minimum Gasteiger partial charge on any atom is -0.457 e. The summed E-state index contributed by atoms with van der Waals surface area (Å²) in [7, 11) is 0. The van der Waals surface area contributed by atoms with Gasteiger partial charge in [0.05, 0.1) is 6.61 Å². The van der Waals surface area contributed by atoms with Crippen molar-refractivity contribution < 1.29 is 42.1 Å². The van der Waals surface area contributed by atoms with Crippen LogP contribution in [-0.4, -0.2) is 78.4 Å². The number of carbonyl (C=O) groups excluding carboxylic acids is 3. The lowest BCUT2D eigenvalue weighted by Crippen LogP contribution is -2.70. The number of amides is 4. The van der Waals surface area contributed by atoms with Crippen LogP contribution in [0.2, 0.25) is 0 Å². The molecule has 3 aliphatic rings. The van der Waals surface area contributed by atoms with E-state index in [-0.39, 0.29) is 23.5 Å². The quantitative estimate of drug-likeness (QED) is 0.451. The predicted molar refractivity (Wildman–Crippen MR) is 130 cm³/mol. The molecule has 0 aromatic heterocycles. The Balaban J connectivity index is 1.38. The third-order valence-electron chi connectivity index (χ3n) is 7.52. The molecule has 0 bridgehead atoms. The Hall–Kier alpha value is -3.68. The van der Waals surface area contributed by atoms with E-state index in [9.17, 15) is 32.7 Å². The van der Waals surface area contributed by atoms with E-state index in [0.717, 1.165) is 38.1 Å². The number of likely N-dealkylation sites (tertiary alicyclic amines) is 2. The summed E-state index contributed by atoms with van der Waals surface area (Å²) >= 11 is 0. The van der Waals surface area contributed by atoms with Crippen molar-refractivity contribution in [3.63, 3.8) is 0 Å². The molecule has 1 spiro atoms. The monoisotopic (exact) mass is 548 g/mol. The van der Waals surface area contributed by atoms with Crippen LogP contribution in [0.5, 0.6) is 17.2 Å². The van der Waals surface area contributed by atoms with Crippen molar-refractivity contribution in [2.45, 2.75) is 24.7 Å². The van der Waals surface area contributed by atoms with Crippen LogP contribution in [0.4, 0.5) is 18.0 Å². The van der Waals surface area contributed by atoms with Crippen molar-refractivity contribution >= 4 is 17.8 Å². The number of benzene rings is 2. The van der Waals surface area contributed by atoms with Gasteiger partial charge in [-0.15, -0.1) is 13.2 Å². The van der Waals surface area contributed by atoms with Gasteiger partial charge in [-0.1, -0.05) is 12.1 Å². The molecule has 3 heterocycles. The molecule has 2 aromatic rings. The van der Waals surface area contributed by atoms with Crippen LogP contribution in [-0.2, 0) is 15.1 Å². The first kappa shape index (κ1) is 26.9. The summed E-state index contributed by atoms with van der Waals surface area (Å²) in [6, 6.07) is 10.2. The first-order valence-electron chi connectivity index (χ1n) is 12.4. The lowest BCUT2D eigenvalue weighted by atomic mass is 9.83. The molecule has 0 aliphatic carbocycles. The van der Waals surface area contributed by atoms with Gasteiger partial charge in [-0.3, -0.25) is 25.1 Å². The Morgan fingerprint density at radius 3 is 2.00 bits per heavy atom. The molecule has 208 valence electrons. The molecule has 10 nitrogen and oxygen atoms in total. The van der Waals surface area contributed by atoms with Gasteiger partial charge in [0.25, 0.3) is 11.8 Å². The van der Waals surface area contributed by atoms with E-state index in [2.05, 4.69) is 20.3 Å². The van der Waals surface area contributed by atoms with Crippen LogP contribution in [0.1, 0.15) is 18.4 Å². The molecule has 3 fully saturated rings. The van der Waals surface area contributed by atoms with Gasteiger partial charge >= 0.3 is 12.4 Å². The summed E-state index contributed by atoms with van der Waals surface area (Å²) in [5.74, 6) is -1.30. The standard InChI is InChI=1S/C26H27F3N4O6/c27-26(28,29)39-20-7-5-19(6-8-20)38-18-3-1-17(2-4-18)25(21(35)30-23(37)31-22(25)36)33-12-10-24(16-33)9-11-32(15-24)13-14-34/h1-8,34H,9-16H2,(H2,30,31,35,36,37). The van der Waals surface area contributed by atoms with Gasteiger partial charge in [0.2, 0.25) is 5.54 Å². The highest BCUT2D eigenvalue weighted by atomic mass is 19.4. The predicted octanol–water partition coefficient (Wildman–Crippen LogP) is 2.33. The molecule has 39 heavy (non-hydrogen) atoms. The highest BCUT2D eigenvalue weighted by Crippen LogP contribution is 2.45. The number of alkyl halides is 3. The van der Waals surface area contributed by atoms with Gasteiger partial charge in [-0.2, -0.15) is 0 Å². The van der Waals surface area contributed by atoms with Gasteiger partial charge in [-0.25, -0.2) is 4.79 Å². The molecule has 13 heteroatoms. The smallest absolute Gasteiger partial charge is 0.457 e. The highest BCUT2D eigenvalue weighted by molar-refractivity contribution is 6.22. The zero-order chi connectivity index (χ0) is 27.8. The fourth-order valence-electron chi connectivity index (χ4n) is 5.78. The lowest BCUT2D eigenvalue weighted by molar-refractivity contribution is -0.274. The Morgan fingerprint density at radius 1 is 0.846 bits per heavy atom. The molecule has 1 unspecified atom stereocenters. The van der Waals surface area contributed by atoms with Crippen LogP contribution in [0.15, 0.2) is 48.5 Å². The second-order valence-corrected chi connectivity index (χ2v) is 10.0. The average molecular weight is 549 g/mol. The number of barbiturate groups is 1. The molecule has 0 radical (unpaired) electrons. The van der Waals surface area contributed by atoms with Crippen molar-refractivity contribution in [2.75, 3.05) is 39.3 Å². The molecule has 1 atom stereocenters. The number of aliphatic hydroxyl groups is 1. The lowest BCUT2D eigenvalue weighted by Gasteiger charge is -2.42. The van der Waals surface area contributed by atoms with E-state index >= 15 is 0 Å². The number of rotatable bonds is 7. The number of nitrogens with one attached hydrogen (secondary N) is 2. The molecule has 2 aromatic carbocycles. The van der Waals surface area contributed by atoms with Gasteiger partial charge in [0.15, 0.2) is 0 Å². The van der Waals surface area contributed by atoms with E-state index in [1.54, 1.807) is 24.3 Å². The number of urea groups is 1. The maximum Gasteiger partial charge on any atom is 0.573 e. The summed E-state index contributed by atoms with van der Waals surface area (Å²) in [4.78, 5) is 42.7. The third kappa shape index (κ3) is 5.29. The van der Waals surface area contributed by atoms with E-state index in [4.69, 9.17) is 4.74 Å². The van der Waals surface area contributed by atoms with Crippen molar-refractivity contribution in [1.29, 1.82) is 0 Å². The Morgan fingerprint density at radius 2 is 1.41 bits per heavy atom. The van der Waals surface area contributed by atoms with Crippen molar-refractivity contribution in [3.8, 4) is 17.2 Å². The molecule has 4 amide bonds. The van der Waals surface area contributed by atoms with E-state index in [0.29, 0.717) is 30.9 Å². The van der Waals surface area contributed by atoms with E-state index in [1.807, 2.05) is 4.90 Å². The largest absolute Gasteiger partial charge is 0.573 e. The average Bonchev–Trinajstić information content (AvgIpc) is 3.46. The topological polar surface area (TPSA) is 120 Å². The van der Waals surface area contributed by atoms with Crippen LogP contribution < -0.4 is 20.1 Å². The summed E-state index contributed by atoms with van der Waals surface area (Å²) in [6.07, 6.45) is -3.19. The number of nitrogens with zero attached hydrogens (tertiary/aromatic N) is 2. The number of β-amino-alcohol motifs (C(OH)–C–C–N with tert-alkyl or cyclic N) is 1. The number of aliphatic hydroxyl groups excluding tert-OH is 1. The normalized spacial score (nSPS) is 23.6. The van der Waals surface area contributed by atoms with Gasteiger partial charge in [0.1, 0.15) is 17.2 Å². The number of hydrogen-bond acceptors (Lipinski definition) is 8. The number of hydrogen-bond donors (Lipinski definition) is 3. The fraction of sp³-hybridized carbons (Fsp3) is 0.423. The molecule has 5 rings (SSSR count). The Kier molecular flexibility index (Phi) is 6.99. The minimum absolute atomic E-state index is 0.0521. The summed E-state index contributed by atoms with van der Waals surface area (Å²) in [5, 5.41) is 13.8. The molecular weight excluding hydrogens is 521 g/mol. The minimum atomic E-state index is -4.80. The maximum absolute atomic E-state index is 13.4. The second kappa shape index (κ2) is 10.1. The van der Waals surface area contributed by atoms with Crippen LogP contribution in [0.25, 0.3) is 0 Å². The maximum atomic E-state index is 13.4. The van der Waals surface area contributed by atoms with Gasteiger partial charge in [0, 0.05) is 26.2 Å². The number of ether oxygens (including phenoxy) is 2.